The summed E-state index contributed by atoms with van der Waals surface area (Å²) < 4.78 is 15.7. The van der Waals surface area contributed by atoms with Gasteiger partial charge in [-0.2, -0.15) is 5.10 Å². The largest absolute Gasteiger partial charge is 0.271 e. The minimum atomic E-state index is -0.490. The lowest BCUT2D eigenvalue weighted by Crippen LogP contribution is -2.31. The molecule has 0 fully saturated rings. The number of hydrogen-bond donors (Lipinski definition) is 2. The summed E-state index contributed by atoms with van der Waals surface area (Å²) in [6.07, 6.45) is 1.12. The summed E-state index contributed by atoms with van der Waals surface area (Å²) in [4.78, 5) is 0. The number of nitrogens with two attached hydrogens (primary N) is 1. The molecule has 3 N–H and O–H groups in total. The van der Waals surface area contributed by atoms with Gasteiger partial charge < -0.3 is 0 Å². The Morgan fingerprint density at radius 2 is 2.14 bits per heavy atom. The molecule has 1 atom stereocenters. The molecule has 7 heteroatoms. The molecular formula is C14H17Cl2FN4. The molecule has 0 bridgehead atoms. The van der Waals surface area contributed by atoms with Crippen molar-refractivity contribution in [2.45, 2.75) is 25.8 Å². The fraction of sp³-hybridized carbons (Fsp3) is 0.357. The number of nitrogens with one attached hydrogen (secondary N) is 1. The van der Waals surface area contributed by atoms with E-state index in [-0.39, 0.29) is 0 Å². The van der Waals surface area contributed by atoms with E-state index < -0.39 is 11.9 Å². The summed E-state index contributed by atoms with van der Waals surface area (Å²) in [6, 6.07) is 4.05. The van der Waals surface area contributed by atoms with E-state index in [9.17, 15) is 4.39 Å². The smallest absolute Gasteiger partial charge is 0.129 e. The first kappa shape index (κ1) is 16.2. The number of hydrogen-bond acceptors (Lipinski definition) is 3. The zero-order valence-corrected chi connectivity index (χ0v) is 13.3. The molecule has 0 radical (unpaired) electrons. The van der Waals surface area contributed by atoms with E-state index in [1.807, 2.05) is 6.92 Å². The lowest BCUT2D eigenvalue weighted by atomic mass is 10.0. The highest BCUT2D eigenvalue weighted by Crippen LogP contribution is 2.30. The quantitative estimate of drug-likeness (QED) is 0.654. The number of aryl methyl sites for hydroxylation is 2. The molecule has 0 spiro atoms. The second-order valence-electron chi connectivity index (χ2n) is 4.74. The van der Waals surface area contributed by atoms with Crippen LogP contribution in [0.5, 0.6) is 0 Å². The molecule has 0 saturated carbocycles. The van der Waals surface area contributed by atoms with Crippen LogP contribution in [-0.4, -0.2) is 9.78 Å². The van der Waals surface area contributed by atoms with Gasteiger partial charge in [-0.3, -0.25) is 16.0 Å². The van der Waals surface area contributed by atoms with Gasteiger partial charge >= 0.3 is 0 Å². The molecule has 114 valence electrons. The lowest BCUT2D eigenvalue weighted by Gasteiger charge is -2.18. The third-order valence-corrected chi connectivity index (χ3v) is 4.22. The van der Waals surface area contributed by atoms with Crippen LogP contribution >= 0.6 is 23.2 Å². The third kappa shape index (κ3) is 3.21. The van der Waals surface area contributed by atoms with Crippen molar-refractivity contribution in [3.63, 3.8) is 0 Å². The topological polar surface area (TPSA) is 55.9 Å². The first-order valence-electron chi connectivity index (χ1n) is 6.59. The summed E-state index contributed by atoms with van der Waals surface area (Å²) >= 11 is 12.4. The molecule has 1 aromatic heterocycles. The van der Waals surface area contributed by atoms with Gasteiger partial charge in [0.05, 0.1) is 22.5 Å². The number of rotatable bonds is 5. The highest BCUT2D eigenvalue weighted by atomic mass is 35.5. The van der Waals surface area contributed by atoms with Gasteiger partial charge in [-0.15, -0.1) is 0 Å². The van der Waals surface area contributed by atoms with Crippen LogP contribution in [0.4, 0.5) is 4.39 Å². The van der Waals surface area contributed by atoms with E-state index in [4.69, 9.17) is 29.0 Å². The van der Waals surface area contributed by atoms with Crippen molar-refractivity contribution >= 4 is 23.2 Å². The van der Waals surface area contributed by atoms with Gasteiger partial charge in [-0.05, 0) is 18.6 Å². The second-order valence-corrected chi connectivity index (χ2v) is 5.53. The Balaban J connectivity index is 2.38. The van der Waals surface area contributed by atoms with Crippen LogP contribution in [0.1, 0.15) is 29.9 Å². The third-order valence-electron chi connectivity index (χ3n) is 3.45. The van der Waals surface area contributed by atoms with E-state index in [2.05, 4.69) is 10.5 Å². The Kier molecular flexibility index (Phi) is 5.22. The number of aromatic nitrogens is 2. The van der Waals surface area contributed by atoms with Crippen LogP contribution in [0.15, 0.2) is 18.2 Å². The van der Waals surface area contributed by atoms with Crippen LogP contribution in [-0.2, 0) is 19.9 Å². The van der Waals surface area contributed by atoms with Crippen molar-refractivity contribution in [3.05, 3.63) is 51.0 Å². The molecule has 1 unspecified atom stereocenters. The van der Waals surface area contributed by atoms with Gasteiger partial charge in [-0.1, -0.05) is 36.2 Å². The standard InChI is InChI=1S/C14H17Cl2FN4/c1-3-10-14(16)12(21(2)20-10)7-11(19-18)13-8(15)5-4-6-9(13)17/h4-6,11,19H,3,7,18H2,1-2H3. The van der Waals surface area contributed by atoms with Gasteiger partial charge in [-0.25, -0.2) is 4.39 Å². The Hall–Kier alpha value is -1.14. The predicted octanol–water partition coefficient (Wildman–Crippen LogP) is 3.18. The molecule has 4 nitrogen and oxygen atoms in total. The molecule has 0 aliphatic rings. The predicted molar refractivity (Wildman–Crippen MR) is 82.8 cm³/mol. The van der Waals surface area contributed by atoms with Crippen LogP contribution in [0.25, 0.3) is 0 Å². The van der Waals surface area contributed by atoms with Crippen molar-refractivity contribution in [2.24, 2.45) is 12.9 Å². The van der Waals surface area contributed by atoms with E-state index in [0.29, 0.717) is 22.0 Å². The molecule has 0 aliphatic carbocycles. The summed E-state index contributed by atoms with van der Waals surface area (Å²) in [6.45, 7) is 1.98. The maximum atomic E-state index is 14.0. The Morgan fingerprint density at radius 3 is 2.67 bits per heavy atom. The molecule has 1 aromatic carbocycles. The highest BCUT2D eigenvalue weighted by Gasteiger charge is 2.22. The highest BCUT2D eigenvalue weighted by molar-refractivity contribution is 6.32. The molecule has 2 rings (SSSR count). The van der Waals surface area contributed by atoms with E-state index >= 15 is 0 Å². The van der Waals surface area contributed by atoms with Gasteiger partial charge in [0.25, 0.3) is 0 Å². The summed E-state index contributed by atoms with van der Waals surface area (Å²) in [5.41, 5.74) is 4.53. The fourth-order valence-corrected chi connectivity index (χ4v) is 2.99. The van der Waals surface area contributed by atoms with Crippen LogP contribution in [0.3, 0.4) is 0 Å². The van der Waals surface area contributed by atoms with Gasteiger partial charge in [0.15, 0.2) is 0 Å². The van der Waals surface area contributed by atoms with Gasteiger partial charge in [0.2, 0.25) is 0 Å². The van der Waals surface area contributed by atoms with Crippen molar-refractivity contribution in [3.8, 4) is 0 Å². The summed E-state index contributed by atoms with van der Waals surface area (Å²) in [5.74, 6) is 5.18. The monoisotopic (exact) mass is 330 g/mol. The van der Waals surface area contributed by atoms with E-state index in [1.165, 1.54) is 6.07 Å². The number of halogens is 3. The lowest BCUT2D eigenvalue weighted by molar-refractivity contribution is 0.497. The zero-order chi connectivity index (χ0) is 15.6. The minimum absolute atomic E-state index is 0.326. The van der Waals surface area contributed by atoms with Crippen molar-refractivity contribution in [1.82, 2.24) is 15.2 Å². The van der Waals surface area contributed by atoms with Gasteiger partial charge in [0, 0.05) is 24.1 Å². The number of nitrogens with zero attached hydrogens (tertiary/aromatic N) is 2. The summed E-state index contributed by atoms with van der Waals surface area (Å²) in [7, 11) is 1.80. The Morgan fingerprint density at radius 1 is 1.43 bits per heavy atom. The zero-order valence-electron chi connectivity index (χ0n) is 11.8. The first-order chi connectivity index (χ1) is 9.99. The van der Waals surface area contributed by atoms with Crippen LogP contribution in [0, 0.1) is 5.82 Å². The van der Waals surface area contributed by atoms with Crippen molar-refractivity contribution in [1.29, 1.82) is 0 Å². The summed E-state index contributed by atoms with van der Waals surface area (Å²) in [5, 5.41) is 5.26. The van der Waals surface area contributed by atoms with E-state index in [0.717, 1.165) is 17.8 Å². The van der Waals surface area contributed by atoms with Gasteiger partial charge in [0.1, 0.15) is 5.82 Å². The first-order valence-corrected chi connectivity index (χ1v) is 7.35. The van der Waals surface area contributed by atoms with Crippen molar-refractivity contribution < 1.29 is 4.39 Å². The normalized spacial score (nSPS) is 12.7. The van der Waals surface area contributed by atoms with Crippen LogP contribution in [0.2, 0.25) is 10.0 Å². The van der Waals surface area contributed by atoms with E-state index in [1.54, 1.807) is 23.9 Å². The molecular weight excluding hydrogens is 314 g/mol. The average Bonchev–Trinajstić information content (AvgIpc) is 2.72. The molecule has 0 aliphatic heterocycles. The molecule has 0 amide bonds. The van der Waals surface area contributed by atoms with Crippen LogP contribution < -0.4 is 11.3 Å². The van der Waals surface area contributed by atoms with Crippen molar-refractivity contribution in [2.75, 3.05) is 0 Å². The fourth-order valence-electron chi connectivity index (χ4n) is 2.32. The number of hydrazine groups is 1. The Bertz CT molecular complexity index is 622. The number of benzene rings is 1. The molecule has 1 heterocycles. The Labute approximate surface area is 133 Å². The maximum Gasteiger partial charge on any atom is 0.129 e. The minimum Gasteiger partial charge on any atom is -0.271 e. The average molecular weight is 331 g/mol. The second kappa shape index (κ2) is 6.75. The SMILES string of the molecule is CCc1nn(C)c(CC(NN)c2c(F)cccc2Cl)c1Cl. The molecule has 2 aromatic rings. The molecule has 0 saturated heterocycles. The maximum absolute atomic E-state index is 14.0. The molecule has 21 heavy (non-hydrogen) atoms.